The number of hydrogen-bond acceptors (Lipinski definition) is 6. The van der Waals surface area contributed by atoms with E-state index in [9.17, 15) is 14.7 Å². The van der Waals surface area contributed by atoms with Crippen LogP contribution in [0.1, 0.15) is 56.3 Å². The minimum absolute atomic E-state index is 0.0717. The van der Waals surface area contributed by atoms with Crippen molar-refractivity contribution in [3.05, 3.63) is 83.4 Å². The molecule has 0 saturated carbocycles. The van der Waals surface area contributed by atoms with Gasteiger partial charge in [-0.25, -0.2) is 4.98 Å². The molecule has 1 aliphatic rings. The van der Waals surface area contributed by atoms with E-state index in [1.165, 1.54) is 0 Å². The normalized spacial score (nSPS) is 16.7. The average Bonchev–Trinajstić information content (AvgIpc) is 3.52. The van der Waals surface area contributed by atoms with E-state index in [4.69, 9.17) is 9.47 Å². The summed E-state index contributed by atoms with van der Waals surface area (Å²) in [7, 11) is 0. The third-order valence-electron chi connectivity index (χ3n) is 6.78. The molecule has 1 N–H and O–H groups in total. The fraction of sp³-hybridized carbons (Fsp3) is 0.387. The van der Waals surface area contributed by atoms with Crippen LogP contribution in [0.3, 0.4) is 0 Å². The van der Waals surface area contributed by atoms with Gasteiger partial charge < -0.3 is 24.0 Å². The maximum atomic E-state index is 13.4. The number of rotatable bonds is 12. The first kappa shape index (κ1) is 28.0. The minimum Gasteiger partial charge on any atom is -0.507 e. The zero-order valence-electron chi connectivity index (χ0n) is 23.1. The lowest BCUT2D eigenvalue weighted by molar-refractivity contribution is -0.139. The van der Waals surface area contributed by atoms with Crippen molar-refractivity contribution >= 4 is 17.4 Å². The summed E-state index contributed by atoms with van der Waals surface area (Å²) in [6, 6.07) is 11.9. The Bertz CT molecular complexity index is 1310. The molecular formula is C31H37N3O5. The zero-order valence-corrected chi connectivity index (χ0v) is 23.1. The second-order valence-electron chi connectivity index (χ2n) is 10.2. The highest BCUT2D eigenvalue weighted by atomic mass is 16.5. The molecule has 0 aliphatic carbocycles. The van der Waals surface area contributed by atoms with Gasteiger partial charge in [0.15, 0.2) is 11.5 Å². The number of aromatic nitrogens is 2. The Morgan fingerprint density at radius 3 is 2.49 bits per heavy atom. The van der Waals surface area contributed by atoms with Crippen molar-refractivity contribution in [2.24, 2.45) is 5.92 Å². The number of ether oxygens (including phenoxy) is 2. The van der Waals surface area contributed by atoms with Crippen LogP contribution >= 0.6 is 0 Å². The number of amides is 1. The maximum Gasteiger partial charge on any atom is 0.295 e. The van der Waals surface area contributed by atoms with Crippen molar-refractivity contribution in [3.8, 4) is 11.5 Å². The second kappa shape index (κ2) is 12.7. The molecule has 0 radical (unpaired) electrons. The third-order valence-corrected chi connectivity index (χ3v) is 6.78. The average molecular weight is 532 g/mol. The molecule has 1 aromatic heterocycles. The van der Waals surface area contributed by atoms with Crippen molar-refractivity contribution in [1.82, 2.24) is 14.5 Å². The van der Waals surface area contributed by atoms with Crippen molar-refractivity contribution in [3.63, 3.8) is 0 Å². The molecular weight excluding hydrogens is 494 g/mol. The number of imidazole rings is 1. The first-order valence-corrected chi connectivity index (χ1v) is 13.5. The van der Waals surface area contributed by atoms with Gasteiger partial charge in [-0.1, -0.05) is 49.7 Å². The Hall–Kier alpha value is -4.07. The standard InChI is InChI=1S/C31H37N3O5/c1-5-38-26-19-24(11-12-25(26)39-18-13-21(2)3)28-27(29(35)23-9-7-22(4)8-10-23)30(36)31(37)34(28)16-6-15-33-17-14-32-20-33/h7-12,14,17,19-21,28,35H,5-6,13,15-16,18H2,1-4H3. The van der Waals surface area contributed by atoms with Gasteiger partial charge in [-0.2, -0.15) is 0 Å². The number of ketones is 1. The summed E-state index contributed by atoms with van der Waals surface area (Å²) in [5.74, 6) is 0.134. The van der Waals surface area contributed by atoms with Crippen molar-refractivity contribution in [2.45, 2.75) is 53.1 Å². The number of aliphatic hydroxyl groups excluding tert-OH is 1. The molecule has 1 saturated heterocycles. The van der Waals surface area contributed by atoms with Gasteiger partial charge >= 0.3 is 0 Å². The van der Waals surface area contributed by atoms with Gasteiger partial charge in [0.2, 0.25) is 0 Å². The highest BCUT2D eigenvalue weighted by molar-refractivity contribution is 6.46. The number of carbonyl (C=O) groups excluding carboxylic acids is 2. The fourth-order valence-electron chi connectivity index (χ4n) is 4.65. The molecule has 1 fully saturated rings. The molecule has 1 unspecified atom stereocenters. The molecule has 4 rings (SSSR count). The maximum absolute atomic E-state index is 13.4. The van der Waals surface area contributed by atoms with Crippen molar-refractivity contribution in [2.75, 3.05) is 19.8 Å². The van der Waals surface area contributed by atoms with Crippen LogP contribution in [0.2, 0.25) is 0 Å². The van der Waals surface area contributed by atoms with Crippen LogP contribution in [-0.2, 0) is 16.1 Å². The molecule has 206 valence electrons. The first-order chi connectivity index (χ1) is 18.8. The highest BCUT2D eigenvalue weighted by Crippen LogP contribution is 2.42. The predicted molar refractivity (Wildman–Crippen MR) is 150 cm³/mol. The largest absolute Gasteiger partial charge is 0.507 e. The summed E-state index contributed by atoms with van der Waals surface area (Å²) in [5, 5.41) is 11.3. The molecule has 0 bridgehead atoms. The second-order valence-corrected chi connectivity index (χ2v) is 10.2. The van der Waals surface area contributed by atoms with Crippen LogP contribution in [0.15, 0.2) is 66.8 Å². The van der Waals surface area contributed by atoms with E-state index in [1.807, 2.05) is 54.9 Å². The Labute approximate surface area is 229 Å². The van der Waals surface area contributed by atoms with Gasteiger partial charge in [0, 0.05) is 31.0 Å². The topological polar surface area (TPSA) is 93.9 Å². The Balaban J connectivity index is 1.73. The molecule has 2 aromatic carbocycles. The molecule has 2 heterocycles. The van der Waals surface area contributed by atoms with Gasteiger partial charge in [-0.3, -0.25) is 9.59 Å². The summed E-state index contributed by atoms with van der Waals surface area (Å²) >= 11 is 0. The SMILES string of the molecule is CCOc1cc(C2C(=C(O)c3ccc(C)cc3)C(=O)C(=O)N2CCCn2ccnc2)ccc1OCCC(C)C. The summed E-state index contributed by atoms with van der Waals surface area (Å²) in [4.78, 5) is 32.3. The van der Waals surface area contributed by atoms with Gasteiger partial charge in [0.25, 0.3) is 11.7 Å². The van der Waals surface area contributed by atoms with Crippen molar-refractivity contribution < 1.29 is 24.2 Å². The highest BCUT2D eigenvalue weighted by Gasteiger charge is 2.46. The van der Waals surface area contributed by atoms with Crippen molar-refractivity contribution in [1.29, 1.82) is 0 Å². The molecule has 1 atom stereocenters. The summed E-state index contributed by atoms with van der Waals surface area (Å²) in [6.45, 7) is 10.1. The van der Waals surface area contributed by atoms with E-state index in [-0.39, 0.29) is 11.3 Å². The predicted octanol–water partition coefficient (Wildman–Crippen LogP) is 5.53. The van der Waals surface area contributed by atoms with Crippen LogP contribution in [0.4, 0.5) is 0 Å². The van der Waals surface area contributed by atoms with Gasteiger partial charge in [-0.05, 0) is 50.3 Å². The number of aliphatic hydroxyl groups is 1. The number of carbonyl (C=O) groups is 2. The Morgan fingerprint density at radius 1 is 1.05 bits per heavy atom. The van der Waals surface area contributed by atoms with Crippen LogP contribution < -0.4 is 9.47 Å². The number of likely N-dealkylation sites (tertiary alicyclic amines) is 1. The van der Waals surface area contributed by atoms with Gasteiger partial charge in [0.05, 0.1) is 31.2 Å². The lowest BCUT2D eigenvalue weighted by Crippen LogP contribution is -2.31. The smallest absolute Gasteiger partial charge is 0.295 e. The van der Waals surface area contributed by atoms with Crippen LogP contribution in [0, 0.1) is 12.8 Å². The molecule has 1 aliphatic heterocycles. The summed E-state index contributed by atoms with van der Waals surface area (Å²) in [6.07, 6.45) is 6.79. The Morgan fingerprint density at radius 2 is 1.82 bits per heavy atom. The third kappa shape index (κ3) is 6.50. The molecule has 3 aromatic rings. The van der Waals surface area contributed by atoms with Crippen LogP contribution in [-0.4, -0.2) is 51.0 Å². The summed E-state index contributed by atoms with van der Waals surface area (Å²) in [5.41, 5.74) is 2.26. The lowest BCUT2D eigenvalue weighted by Gasteiger charge is -2.26. The van der Waals surface area contributed by atoms with Gasteiger partial charge in [0.1, 0.15) is 5.76 Å². The first-order valence-electron chi connectivity index (χ1n) is 13.5. The molecule has 8 heteroatoms. The fourth-order valence-corrected chi connectivity index (χ4v) is 4.65. The van der Waals surface area contributed by atoms with Crippen LogP contribution in [0.25, 0.3) is 5.76 Å². The van der Waals surface area contributed by atoms with E-state index >= 15 is 0 Å². The van der Waals surface area contributed by atoms with E-state index in [2.05, 4.69) is 18.8 Å². The van der Waals surface area contributed by atoms with Crippen LogP contribution in [0.5, 0.6) is 11.5 Å². The molecule has 39 heavy (non-hydrogen) atoms. The number of benzene rings is 2. The minimum atomic E-state index is -0.766. The summed E-state index contributed by atoms with van der Waals surface area (Å²) < 4.78 is 13.8. The van der Waals surface area contributed by atoms with E-state index in [0.29, 0.717) is 61.3 Å². The number of nitrogens with zero attached hydrogens (tertiary/aromatic N) is 3. The van der Waals surface area contributed by atoms with E-state index < -0.39 is 17.7 Å². The van der Waals surface area contributed by atoms with E-state index in [0.717, 1.165) is 12.0 Å². The Kier molecular flexibility index (Phi) is 9.07. The number of Topliss-reactive ketones (excluding diaryl/α,β-unsaturated/α-hetero) is 1. The number of hydrogen-bond donors (Lipinski definition) is 1. The molecule has 8 nitrogen and oxygen atoms in total. The quantitative estimate of drug-likeness (QED) is 0.188. The monoisotopic (exact) mass is 531 g/mol. The lowest BCUT2D eigenvalue weighted by atomic mass is 9.94. The number of aryl methyl sites for hydroxylation is 2. The van der Waals surface area contributed by atoms with E-state index in [1.54, 1.807) is 29.6 Å². The van der Waals surface area contributed by atoms with Gasteiger partial charge in [-0.15, -0.1) is 0 Å². The zero-order chi connectivity index (χ0) is 27.9. The molecule has 0 spiro atoms. The molecule has 1 amide bonds.